The van der Waals surface area contributed by atoms with Gasteiger partial charge in [-0.25, -0.2) is 0 Å². The van der Waals surface area contributed by atoms with Gasteiger partial charge in [0.05, 0.1) is 24.8 Å². The lowest BCUT2D eigenvalue weighted by Crippen LogP contribution is -2.28. The lowest BCUT2D eigenvalue weighted by atomic mass is 9.94. The number of carbonyl (C=O) groups excluding carboxylic acids is 2. The van der Waals surface area contributed by atoms with E-state index in [0.29, 0.717) is 18.7 Å². The van der Waals surface area contributed by atoms with Gasteiger partial charge < -0.3 is 14.7 Å². The molecule has 0 radical (unpaired) electrons. The maximum Gasteiger partial charge on any atom is 0.295 e. The molecule has 3 aromatic rings. The van der Waals surface area contributed by atoms with Gasteiger partial charge in [-0.05, 0) is 40.8 Å². The molecule has 2 aromatic carbocycles. The Bertz CT molecular complexity index is 1150. The van der Waals surface area contributed by atoms with Gasteiger partial charge in [-0.2, -0.15) is 0 Å². The number of amides is 1. The molecule has 2 aliphatic heterocycles. The van der Waals surface area contributed by atoms with Gasteiger partial charge in [-0.15, -0.1) is 11.3 Å². The average Bonchev–Trinajstić information content (AvgIpc) is 3.50. The van der Waals surface area contributed by atoms with Crippen LogP contribution in [0, 0.1) is 0 Å². The minimum absolute atomic E-state index is 0.127. The van der Waals surface area contributed by atoms with Crippen LogP contribution in [0.25, 0.3) is 5.76 Å². The summed E-state index contributed by atoms with van der Waals surface area (Å²) in [6, 6.07) is 18.0. The van der Waals surface area contributed by atoms with Crippen LogP contribution in [-0.4, -0.2) is 28.3 Å². The number of nitrogens with zero attached hydrogens (tertiary/aromatic N) is 1. The number of thiophene rings is 1. The largest absolute Gasteiger partial charge is 0.507 e. The molecule has 0 bridgehead atoms. The quantitative estimate of drug-likeness (QED) is 0.390. The maximum absolute atomic E-state index is 13.0. The molecule has 5 rings (SSSR count). The Morgan fingerprint density at radius 3 is 2.70 bits per heavy atom. The van der Waals surface area contributed by atoms with Crippen LogP contribution in [0.3, 0.4) is 0 Å². The summed E-state index contributed by atoms with van der Waals surface area (Å²) in [6.07, 6.45) is 0.755. The number of carbonyl (C=O) groups is 2. The van der Waals surface area contributed by atoms with Crippen molar-refractivity contribution in [3.8, 4) is 5.75 Å². The van der Waals surface area contributed by atoms with Crippen molar-refractivity contribution in [2.45, 2.75) is 19.0 Å². The van der Waals surface area contributed by atoms with E-state index in [1.54, 1.807) is 17.0 Å². The Kier molecular flexibility index (Phi) is 4.64. The van der Waals surface area contributed by atoms with E-state index in [4.69, 9.17) is 4.74 Å². The van der Waals surface area contributed by atoms with E-state index in [-0.39, 0.29) is 11.3 Å². The van der Waals surface area contributed by atoms with E-state index in [1.165, 1.54) is 11.3 Å². The zero-order valence-corrected chi connectivity index (χ0v) is 16.9. The standard InChI is InChI=1S/C24H19NO4S/c26-22(17-8-9-19-16(13-17)10-11-29-19)20-21(15-5-2-1-3-6-15)25(24(28)23(20)27)14-18-7-4-12-30-18/h1-9,12-13,21,26H,10-11,14H2/b22-20-. The van der Waals surface area contributed by atoms with E-state index in [1.807, 2.05) is 53.9 Å². The second-order valence-corrected chi connectivity index (χ2v) is 8.37. The van der Waals surface area contributed by atoms with Crippen molar-refractivity contribution >= 4 is 28.8 Å². The molecule has 1 fully saturated rings. The number of hydrogen-bond acceptors (Lipinski definition) is 5. The fraction of sp³-hybridized carbons (Fsp3) is 0.167. The van der Waals surface area contributed by atoms with E-state index in [0.717, 1.165) is 28.2 Å². The Morgan fingerprint density at radius 2 is 1.93 bits per heavy atom. The topological polar surface area (TPSA) is 66.8 Å². The monoisotopic (exact) mass is 417 g/mol. The molecular formula is C24H19NO4S. The van der Waals surface area contributed by atoms with Crippen LogP contribution in [-0.2, 0) is 22.6 Å². The molecule has 1 atom stereocenters. The molecule has 2 aliphatic rings. The summed E-state index contributed by atoms with van der Waals surface area (Å²) in [5.41, 5.74) is 2.43. The minimum atomic E-state index is -0.658. The van der Waals surface area contributed by atoms with Gasteiger partial charge in [0.1, 0.15) is 11.5 Å². The Morgan fingerprint density at radius 1 is 1.10 bits per heavy atom. The van der Waals surface area contributed by atoms with Gasteiger partial charge in [0.2, 0.25) is 0 Å². The van der Waals surface area contributed by atoms with Crippen molar-refractivity contribution in [2.24, 2.45) is 0 Å². The molecule has 1 N–H and O–H groups in total. The molecule has 3 heterocycles. The molecule has 0 saturated carbocycles. The lowest BCUT2D eigenvalue weighted by molar-refractivity contribution is -0.140. The predicted molar refractivity (Wildman–Crippen MR) is 114 cm³/mol. The number of rotatable bonds is 4. The van der Waals surface area contributed by atoms with Crippen LogP contribution in [0.1, 0.15) is 27.6 Å². The molecule has 30 heavy (non-hydrogen) atoms. The summed E-state index contributed by atoms with van der Waals surface area (Å²) in [6.45, 7) is 0.922. The highest BCUT2D eigenvalue weighted by atomic mass is 32.1. The van der Waals surface area contributed by atoms with E-state index < -0.39 is 17.7 Å². The van der Waals surface area contributed by atoms with Gasteiger partial charge in [-0.1, -0.05) is 36.4 Å². The molecule has 1 saturated heterocycles. The zero-order valence-electron chi connectivity index (χ0n) is 16.1. The first kappa shape index (κ1) is 18.6. The van der Waals surface area contributed by atoms with Gasteiger partial charge in [0.25, 0.3) is 11.7 Å². The molecule has 6 heteroatoms. The number of likely N-dealkylation sites (tertiary alicyclic amines) is 1. The van der Waals surface area contributed by atoms with Gasteiger partial charge in [0, 0.05) is 16.9 Å². The SMILES string of the molecule is O=C1C(=O)N(Cc2cccs2)C(c2ccccc2)/C1=C(/O)c1ccc2c(c1)CCO2. The van der Waals surface area contributed by atoms with Gasteiger partial charge in [0.15, 0.2) is 0 Å². The molecule has 1 aromatic heterocycles. The molecular weight excluding hydrogens is 398 g/mol. The first-order valence-corrected chi connectivity index (χ1v) is 10.6. The van der Waals surface area contributed by atoms with Crippen molar-refractivity contribution < 1.29 is 19.4 Å². The van der Waals surface area contributed by atoms with Crippen LogP contribution in [0.5, 0.6) is 5.75 Å². The van der Waals surface area contributed by atoms with Crippen molar-refractivity contribution in [3.63, 3.8) is 0 Å². The summed E-state index contributed by atoms with van der Waals surface area (Å²) in [7, 11) is 0. The molecule has 1 unspecified atom stereocenters. The van der Waals surface area contributed by atoms with Gasteiger partial charge in [-0.3, -0.25) is 9.59 Å². The summed E-state index contributed by atoms with van der Waals surface area (Å²) < 4.78 is 5.54. The van der Waals surface area contributed by atoms with Crippen LogP contribution in [0.15, 0.2) is 71.6 Å². The number of hydrogen-bond donors (Lipinski definition) is 1. The summed E-state index contributed by atoms with van der Waals surface area (Å²) in [4.78, 5) is 28.5. The van der Waals surface area contributed by atoms with Crippen molar-refractivity contribution in [1.29, 1.82) is 0 Å². The molecule has 150 valence electrons. The molecule has 0 spiro atoms. The first-order chi connectivity index (χ1) is 14.6. The number of Topliss-reactive ketones (excluding diaryl/α,β-unsaturated/α-hetero) is 1. The third-order valence-electron chi connectivity index (χ3n) is 5.52. The second kappa shape index (κ2) is 7.46. The third kappa shape index (κ3) is 3.09. The zero-order chi connectivity index (χ0) is 20.7. The van der Waals surface area contributed by atoms with Crippen LogP contribution in [0.2, 0.25) is 0 Å². The second-order valence-electron chi connectivity index (χ2n) is 7.34. The summed E-state index contributed by atoms with van der Waals surface area (Å²) in [5, 5.41) is 13.1. The fourth-order valence-corrected chi connectivity index (χ4v) is 4.79. The normalized spacial score (nSPS) is 19.7. The number of benzene rings is 2. The highest BCUT2D eigenvalue weighted by molar-refractivity contribution is 7.09. The Balaban J connectivity index is 1.64. The van der Waals surface area contributed by atoms with Gasteiger partial charge >= 0.3 is 0 Å². The minimum Gasteiger partial charge on any atom is -0.507 e. The van der Waals surface area contributed by atoms with E-state index >= 15 is 0 Å². The molecule has 1 amide bonds. The van der Waals surface area contributed by atoms with E-state index in [2.05, 4.69) is 0 Å². The van der Waals surface area contributed by atoms with Crippen LogP contribution < -0.4 is 4.74 Å². The van der Waals surface area contributed by atoms with Crippen molar-refractivity contribution in [2.75, 3.05) is 6.61 Å². The molecule has 5 nitrogen and oxygen atoms in total. The third-order valence-corrected chi connectivity index (χ3v) is 6.39. The number of ketones is 1. The maximum atomic E-state index is 13.0. The summed E-state index contributed by atoms with van der Waals surface area (Å²) >= 11 is 1.53. The number of fused-ring (bicyclic) bond motifs is 1. The highest BCUT2D eigenvalue weighted by Gasteiger charge is 2.46. The highest BCUT2D eigenvalue weighted by Crippen LogP contribution is 2.41. The number of aliphatic hydroxyl groups is 1. The smallest absolute Gasteiger partial charge is 0.295 e. The van der Waals surface area contributed by atoms with Crippen LogP contribution in [0.4, 0.5) is 0 Å². The van der Waals surface area contributed by atoms with E-state index in [9.17, 15) is 14.7 Å². The molecule has 0 aliphatic carbocycles. The lowest BCUT2D eigenvalue weighted by Gasteiger charge is -2.25. The van der Waals surface area contributed by atoms with Crippen molar-refractivity contribution in [1.82, 2.24) is 4.90 Å². The predicted octanol–water partition coefficient (Wildman–Crippen LogP) is 4.30. The first-order valence-electron chi connectivity index (χ1n) is 9.75. The van der Waals surface area contributed by atoms with Crippen LogP contribution >= 0.6 is 11.3 Å². The Labute approximate surface area is 177 Å². The van der Waals surface area contributed by atoms with Crippen molar-refractivity contribution in [3.05, 3.63) is 93.2 Å². The fourth-order valence-electron chi connectivity index (χ4n) is 4.08. The summed E-state index contributed by atoms with van der Waals surface area (Å²) in [5.74, 6) is -0.604. The number of ether oxygens (including phenoxy) is 1. The number of aliphatic hydroxyl groups excluding tert-OH is 1. The average molecular weight is 417 g/mol. The Hall–Kier alpha value is -3.38.